The summed E-state index contributed by atoms with van der Waals surface area (Å²) >= 11 is 0. The van der Waals surface area contributed by atoms with Crippen molar-refractivity contribution in [2.75, 3.05) is 13.6 Å². The van der Waals surface area contributed by atoms with Crippen molar-refractivity contribution < 1.29 is 9.59 Å². The summed E-state index contributed by atoms with van der Waals surface area (Å²) in [5.74, 6) is 0.0178. The van der Waals surface area contributed by atoms with E-state index in [0.29, 0.717) is 25.2 Å². The smallest absolute Gasteiger partial charge is 0.263 e. The molecule has 1 aliphatic carbocycles. The van der Waals surface area contributed by atoms with Crippen LogP contribution in [0.2, 0.25) is 0 Å². The number of hydrogen-bond acceptors (Lipinski definition) is 3. The molecule has 5 heteroatoms. The van der Waals surface area contributed by atoms with Crippen molar-refractivity contribution in [2.24, 2.45) is 10.4 Å². The molecule has 0 aromatic heterocycles. The molecule has 5 nitrogen and oxygen atoms in total. The van der Waals surface area contributed by atoms with Crippen molar-refractivity contribution in [3.8, 4) is 0 Å². The lowest BCUT2D eigenvalue weighted by atomic mass is 9.83. The van der Waals surface area contributed by atoms with Gasteiger partial charge in [-0.05, 0) is 19.9 Å². The minimum Gasteiger partial charge on any atom is -0.313 e. The quantitative estimate of drug-likeness (QED) is 0.620. The molecule has 1 saturated carbocycles. The normalized spacial score (nSPS) is 24.2. The Bertz CT molecular complexity index is 330. The minimum atomic E-state index is -0.836. The van der Waals surface area contributed by atoms with Crippen LogP contribution in [0.25, 0.3) is 0 Å². The van der Waals surface area contributed by atoms with Crippen LogP contribution in [0.15, 0.2) is 4.99 Å². The first-order valence-electron chi connectivity index (χ1n) is 5.27. The highest BCUT2D eigenvalue weighted by Crippen LogP contribution is 2.40. The first kappa shape index (κ1) is 10.3. The molecule has 0 atom stereocenters. The predicted molar refractivity (Wildman–Crippen MR) is 55.4 cm³/mol. The number of carbonyl (C=O) groups excluding carboxylic acids is 2. The summed E-state index contributed by atoms with van der Waals surface area (Å²) in [5.41, 5.74) is -0.836. The van der Waals surface area contributed by atoms with Crippen LogP contribution in [0, 0.1) is 5.41 Å². The topological polar surface area (TPSA) is 70.6 Å². The lowest BCUT2D eigenvalue weighted by Crippen LogP contribution is -2.53. The van der Waals surface area contributed by atoms with E-state index < -0.39 is 5.41 Å². The van der Waals surface area contributed by atoms with Crippen LogP contribution in [0.5, 0.6) is 0 Å². The highest BCUT2D eigenvalue weighted by atomic mass is 16.2. The molecule has 0 bridgehead atoms. The van der Waals surface area contributed by atoms with Gasteiger partial charge in [-0.2, -0.15) is 4.99 Å². The van der Waals surface area contributed by atoms with E-state index in [1.54, 1.807) is 7.05 Å². The maximum atomic E-state index is 11.9. The molecule has 82 valence electrons. The second-order valence-electron chi connectivity index (χ2n) is 4.14. The van der Waals surface area contributed by atoms with Crippen LogP contribution in [0.4, 0.5) is 0 Å². The van der Waals surface area contributed by atoms with Crippen molar-refractivity contribution in [3.05, 3.63) is 0 Å². The lowest BCUT2D eigenvalue weighted by Gasteiger charge is -2.28. The maximum Gasteiger partial charge on any atom is 0.263 e. The Balaban J connectivity index is 2.24. The fraction of sp³-hybridized carbons (Fsp3) is 0.700. The van der Waals surface area contributed by atoms with Crippen LogP contribution in [-0.4, -0.2) is 31.2 Å². The van der Waals surface area contributed by atoms with E-state index in [4.69, 9.17) is 0 Å². The van der Waals surface area contributed by atoms with Crippen molar-refractivity contribution in [1.29, 1.82) is 0 Å². The summed E-state index contributed by atoms with van der Waals surface area (Å²) in [7, 11) is 1.75. The third-order valence-corrected chi connectivity index (χ3v) is 3.14. The van der Waals surface area contributed by atoms with Gasteiger partial charge in [-0.15, -0.1) is 0 Å². The zero-order valence-electron chi connectivity index (χ0n) is 8.80. The Morgan fingerprint density at radius 3 is 2.60 bits per heavy atom. The van der Waals surface area contributed by atoms with Crippen LogP contribution < -0.4 is 10.6 Å². The maximum absolute atomic E-state index is 11.9. The average Bonchev–Trinajstić information content (AvgIpc) is 2.65. The van der Waals surface area contributed by atoms with E-state index in [1.165, 1.54) is 0 Å². The standard InChI is InChI=1S/C10H15N3O2/c1-11-6-7-12-8(14)10(9(15)13-7)4-2-3-5-10/h11H,2-6H2,1H3,(H,12,13,14,15). The Labute approximate surface area is 88.3 Å². The number of carbonyl (C=O) groups is 2. The van der Waals surface area contributed by atoms with Gasteiger partial charge in [0.05, 0.1) is 6.54 Å². The molecule has 2 N–H and O–H groups in total. The number of rotatable bonds is 2. The van der Waals surface area contributed by atoms with E-state index in [2.05, 4.69) is 15.6 Å². The zero-order valence-corrected chi connectivity index (χ0v) is 8.80. The van der Waals surface area contributed by atoms with Gasteiger partial charge < -0.3 is 10.6 Å². The summed E-state index contributed by atoms with van der Waals surface area (Å²) in [5, 5.41) is 5.57. The Kier molecular flexibility index (Phi) is 2.56. The highest BCUT2D eigenvalue weighted by molar-refractivity contribution is 6.19. The number of likely N-dealkylation sites (N-methyl/N-ethyl adjacent to an activating group) is 1. The summed E-state index contributed by atoms with van der Waals surface area (Å²) in [6.07, 6.45) is 3.17. The van der Waals surface area contributed by atoms with E-state index in [-0.39, 0.29) is 11.8 Å². The molecule has 0 aromatic rings. The van der Waals surface area contributed by atoms with Crippen LogP contribution in [0.3, 0.4) is 0 Å². The van der Waals surface area contributed by atoms with Gasteiger partial charge in [-0.1, -0.05) is 12.8 Å². The molecule has 2 aliphatic rings. The van der Waals surface area contributed by atoms with E-state index in [1.807, 2.05) is 0 Å². The first-order chi connectivity index (χ1) is 7.19. The molecule has 0 unspecified atom stereocenters. The molecular formula is C10H15N3O2. The molecule has 2 amide bonds. The van der Waals surface area contributed by atoms with E-state index >= 15 is 0 Å². The van der Waals surface area contributed by atoms with Crippen LogP contribution in [-0.2, 0) is 9.59 Å². The Morgan fingerprint density at radius 2 is 2.07 bits per heavy atom. The molecule has 1 aliphatic heterocycles. The molecule has 1 heterocycles. The van der Waals surface area contributed by atoms with Crippen LogP contribution in [0.1, 0.15) is 25.7 Å². The second-order valence-corrected chi connectivity index (χ2v) is 4.14. The van der Waals surface area contributed by atoms with Crippen molar-refractivity contribution in [1.82, 2.24) is 10.6 Å². The number of hydrogen-bond donors (Lipinski definition) is 2. The molecule has 1 spiro atoms. The monoisotopic (exact) mass is 209 g/mol. The van der Waals surface area contributed by atoms with E-state index in [9.17, 15) is 9.59 Å². The van der Waals surface area contributed by atoms with E-state index in [0.717, 1.165) is 12.8 Å². The summed E-state index contributed by atoms with van der Waals surface area (Å²) in [6.45, 7) is 0.424. The molecular weight excluding hydrogens is 194 g/mol. The fourth-order valence-corrected chi connectivity index (χ4v) is 2.28. The van der Waals surface area contributed by atoms with Gasteiger partial charge in [-0.25, -0.2) is 0 Å². The van der Waals surface area contributed by atoms with Crippen molar-refractivity contribution in [2.45, 2.75) is 25.7 Å². The summed E-state index contributed by atoms with van der Waals surface area (Å²) in [6, 6.07) is 0. The number of nitrogens with zero attached hydrogens (tertiary/aromatic N) is 1. The van der Waals surface area contributed by atoms with Gasteiger partial charge in [0.2, 0.25) is 5.91 Å². The van der Waals surface area contributed by atoms with Crippen molar-refractivity contribution >= 4 is 17.6 Å². The van der Waals surface area contributed by atoms with Crippen molar-refractivity contribution in [3.63, 3.8) is 0 Å². The fourth-order valence-electron chi connectivity index (χ4n) is 2.28. The number of nitrogens with one attached hydrogen (secondary N) is 2. The first-order valence-corrected chi connectivity index (χ1v) is 5.27. The SMILES string of the molecule is CNCC1=NC(=O)C2(CCCC2)C(=O)N1. The van der Waals surface area contributed by atoms with Gasteiger partial charge in [0.25, 0.3) is 5.91 Å². The molecule has 0 radical (unpaired) electrons. The molecule has 2 rings (SSSR count). The molecule has 15 heavy (non-hydrogen) atoms. The number of aliphatic imine (C=N–C) groups is 1. The van der Waals surface area contributed by atoms with Gasteiger partial charge in [-0.3, -0.25) is 9.59 Å². The average molecular weight is 209 g/mol. The number of amides is 2. The lowest BCUT2D eigenvalue weighted by molar-refractivity contribution is -0.141. The zero-order chi connectivity index (χ0) is 10.9. The van der Waals surface area contributed by atoms with Gasteiger partial charge in [0, 0.05) is 0 Å². The highest BCUT2D eigenvalue weighted by Gasteiger charge is 2.50. The molecule has 1 fully saturated rings. The minimum absolute atomic E-state index is 0.162. The molecule has 0 aromatic carbocycles. The summed E-state index contributed by atoms with van der Waals surface area (Å²) in [4.78, 5) is 27.7. The number of amidine groups is 1. The van der Waals surface area contributed by atoms with Gasteiger partial charge >= 0.3 is 0 Å². The largest absolute Gasteiger partial charge is 0.313 e. The van der Waals surface area contributed by atoms with Crippen LogP contribution >= 0.6 is 0 Å². The third kappa shape index (κ3) is 1.56. The van der Waals surface area contributed by atoms with Gasteiger partial charge in [0.1, 0.15) is 11.3 Å². The predicted octanol–water partition coefficient (Wildman–Crippen LogP) is -0.179. The summed E-state index contributed by atoms with van der Waals surface area (Å²) < 4.78 is 0. The Hall–Kier alpha value is -1.23. The second kappa shape index (κ2) is 3.73. The Morgan fingerprint density at radius 1 is 1.40 bits per heavy atom. The van der Waals surface area contributed by atoms with Gasteiger partial charge in [0.15, 0.2) is 0 Å². The molecule has 0 saturated heterocycles. The third-order valence-electron chi connectivity index (χ3n) is 3.14.